The van der Waals surface area contributed by atoms with E-state index in [1.54, 1.807) is 7.11 Å². The highest BCUT2D eigenvalue weighted by Crippen LogP contribution is 2.41. The topological polar surface area (TPSA) is 72.3 Å². The minimum atomic E-state index is -0.978. The molecule has 0 bridgehead atoms. The van der Waals surface area contributed by atoms with Crippen LogP contribution in [0.4, 0.5) is 0 Å². The molecule has 5 heteroatoms. The summed E-state index contributed by atoms with van der Waals surface area (Å²) in [6.45, 7) is 1.89. The maximum atomic E-state index is 11.0. The lowest BCUT2D eigenvalue weighted by atomic mass is 10.1. The van der Waals surface area contributed by atoms with Crippen LogP contribution in [0.5, 0.6) is 0 Å². The van der Waals surface area contributed by atoms with E-state index in [-0.39, 0.29) is 11.7 Å². The van der Waals surface area contributed by atoms with Gasteiger partial charge >= 0.3 is 5.97 Å². The molecular formula is C12H16N2O3. The maximum absolute atomic E-state index is 11.0. The van der Waals surface area contributed by atoms with E-state index in [0.29, 0.717) is 23.9 Å². The number of ether oxygens (including phenoxy) is 1. The molecule has 1 N–H and O–H groups in total. The van der Waals surface area contributed by atoms with Gasteiger partial charge in [-0.15, -0.1) is 0 Å². The molecule has 0 aliphatic heterocycles. The molecule has 92 valence electrons. The van der Waals surface area contributed by atoms with Gasteiger partial charge in [0.1, 0.15) is 6.10 Å². The van der Waals surface area contributed by atoms with Crippen LogP contribution in [-0.4, -0.2) is 28.2 Å². The second-order valence-electron chi connectivity index (χ2n) is 4.24. The Kier molecular flexibility index (Phi) is 3.38. The van der Waals surface area contributed by atoms with E-state index in [9.17, 15) is 4.79 Å². The molecule has 0 saturated heterocycles. The third-order valence-electron chi connectivity index (χ3n) is 3.01. The largest absolute Gasteiger partial charge is 0.478 e. The van der Waals surface area contributed by atoms with Gasteiger partial charge in [0.15, 0.2) is 5.82 Å². The molecule has 0 radical (unpaired) electrons. The van der Waals surface area contributed by atoms with E-state index in [0.717, 1.165) is 12.8 Å². The second kappa shape index (κ2) is 4.79. The number of aromatic nitrogens is 2. The van der Waals surface area contributed by atoms with E-state index in [4.69, 9.17) is 9.84 Å². The van der Waals surface area contributed by atoms with Gasteiger partial charge in [0.2, 0.25) is 0 Å². The first-order valence-corrected chi connectivity index (χ1v) is 5.79. The summed E-state index contributed by atoms with van der Waals surface area (Å²) in [7, 11) is 1.64. The lowest BCUT2D eigenvalue weighted by molar-refractivity contribution is 0.0688. The zero-order valence-electron chi connectivity index (χ0n) is 10.0. The molecule has 1 unspecified atom stereocenters. The number of carboxylic acid groups (broad SMARTS) is 1. The van der Waals surface area contributed by atoms with Crippen LogP contribution in [0.2, 0.25) is 0 Å². The molecule has 1 saturated carbocycles. The zero-order chi connectivity index (χ0) is 12.4. The number of hydrogen-bond acceptors (Lipinski definition) is 4. The van der Waals surface area contributed by atoms with Gasteiger partial charge in [0, 0.05) is 13.3 Å². The summed E-state index contributed by atoms with van der Waals surface area (Å²) >= 11 is 0. The number of methoxy groups -OCH3 is 1. The Bertz CT molecular complexity index is 430. The lowest BCUT2D eigenvalue weighted by Crippen LogP contribution is -2.13. The van der Waals surface area contributed by atoms with Crippen LogP contribution >= 0.6 is 0 Å². The first kappa shape index (κ1) is 12.0. The van der Waals surface area contributed by atoms with E-state index in [2.05, 4.69) is 9.97 Å². The quantitative estimate of drug-likeness (QED) is 0.844. The van der Waals surface area contributed by atoms with Gasteiger partial charge in [-0.25, -0.2) is 14.8 Å². The van der Waals surface area contributed by atoms with Crippen LogP contribution in [0.25, 0.3) is 0 Å². The summed E-state index contributed by atoms with van der Waals surface area (Å²) in [6, 6.07) is 0. The Morgan fingerprint density at radius 2 is 2.35 bits per heavy atom. The van der Waals surface area contributed by atoms with E-state index in [1.165, 1.54) is 6.20 Å². The fourth-order valence-corrected chi connectivity index (χ4v) is 1.93. The van der Waals surface area contributed by atoms with Gasteiger partial charge in [0.25, 0.3) is 0 Å². The molecule has 17 heavy (non-hydrogen) atoms. The maximum Gasteiger partial charge on any atom is 0.339 e. The fraction of sp³-hybridized carbons (Fsp3) is 0.583. The molecule has 1 aromatic rings. The molecular weight excluding hydrogens is 220 g/mol. The van der Waals surface area contributed by atoms with E-state index in [1.807, 2.05) is 6.92 Å². The average molecular weight is 236 g/mol. The number of aromatic carboxylic acids is 1. The van der Waals surface area contributed by atoms with Crippen molar-refractivity contribution in [2.75, 3.05) is 7.11 Å². The predicted octanol–water partition coefficient (Wildman–Crippen LogP) is 1.83. The summed E-state index contributed by atoms with van der Waals surface area (Å²) in [4.78, 5) is 19.4. The Labute approximate surface area is 99.9 Å². The minimum absolute atomic E-state index is 0.0943. The summed E-state index contributed by atoms with van der Waals surface area (Å²) < 4.78 is 5.39. The third-order valence-corrected chi connectivity index (χ3v) is 3.01. The van der Waals surface area contributed by atoms with Crippen LogP contribution in [0.1, 0.15) is 47.7 Å². The Morgan fingerprint density at radius 3 is 2.82 bits per heavy atom. The van der Waals surface area contributed by atoms with Crippen LogP contribution < -0.4 is 0 Å². The number of rotatable bonds is 5. The van der Waals surface area contributed by atoms with E-state index >= 15 is 0 Å². The zero-order valence-corrected chi connectivity index (χ0v) is 10.0. The first-order valence-electron chi connectivity index (χ1n) is 5.79. The van der Waals surface area contributed by atoms with Crippen molar-refractivity contribution in [3.05, 3.63) is 23.3 Å². The summed E-state index contributed by atoms with van der Waals surface area (Å²) in [5, 5.41) is 8.99. The molecule has 2 rings (SSSR count). The highest BCUT2D eigenvalue weighted by Gasteiger charge is 2.34. The van der Waals surface area contributed by atoms with Crippen molar-refractivity contribution in [2.24, 2.45) is 5.92 Å². The SMILES string of the molecule is CCc1nc(C(OC)C2CC2)ncc1C(=O)O. The van der Waals surface area contributed by atoms with Gasteiger partial charge in [-0.1, -0.05) is 6.92 Å². The van der Waals surface area contributed by atoms with Crippen molar-refractivity contribution >= 4 is 5.97 Å². The summed E-state index contributed by atoms with van der Waals surface area (Å²) in [5.41, 5.74) is 0.757. The summed E-state index contributed by atoms with van der Waals surface area (Å²) in [5.74, 6) is 0.117. The Hall–Kier alpha value is -1.49. The highest BCUT2D eigenvalue weighted by atomic mass is 16.5. The Balaban J connectivity index is 2.32. The lowest BCUT2D eigenvalue weighted by Gasteiger charge is -2.14. The standard InChI is InChI=1S/C12H16N2O3/c1-3-9-8(12(15)16)6-13-11(14-9)10(17-2)7-4-5-7/h6-7,10H,3-5H2,1-2H3,(H,15,16). The third kappa shape index (κ3) is 2.44. The first-order chi connectivity index (χ1) is 8.17. The molecule has 0 spiro atoms. The predicted molar refractivity (Wildman–Crippen MR) is 60.8 cm³/mol. The summed E-state index contributed by atoms with van der Waals surface area (Å²) in [6.07, 6.45) is 4.13. The average Bonchev–Trinajstić information content (AvgIpc) is 3.14. The van der Waals surface area contributed by atoms with Crippen molar-refractivity contribution < 1.29 is 14.6 Å². The van der Waals surface area contributed by atoms with Crippen LogP contribution in [-0.2, 0) is 11.2 Å². The number of carbonyl (C=O) groups is 1. The van der Waals surface area contributed by atoms with Crippen molar-refractivity contribution in [1.29, 1.82) is 0 Å². The van der Waals surface area contributed by atoms with Crippen LogP contribution in [0.15, 0.2) is 6.20 Å². The molecule has 1 fully saturated rings. The van der Waals surface area contributed by atoms with Crippen LogP contribution in [0, 0.1) is 5.92 Å². The number of nitrogens with zero attached hydrogens (tertiary/aromatic N) is 2. The minimum Gasteiger partial charge on any atom is -0.478 e. The van der Waals surface area contributed by atoms with Gasteiger partial charge in [-0.3, -0.25) is 0 Å². The number of aryl methyl sites for hydroxylation is 1. The van der Waals surface area contributed by atoms with Crippen LogP contribution in [0.3, 0.4) is 0 Å². The molecule has 0 amide bonds. The molecule has 1 atom stereocenters. The molecule has 1 aliphatic rings. The Morgan fingerprint density at radius 1 is 1.65 bits per heavy atom. The highest BCUT2D eigenvalue weighted by molar-refractivity contribution is 5.88. The number of hydrogen-bond donors (Lipinski definition) is 1. The van der Waals surface area contributed by atoms with Gasteiger partial charge in [0.05, 0.1) is 11.3 Å². The monoisotopic (exact) mass is 236 g/mol. The molecule has 1 aliphatic carbocycles. The van der Waals surface area contributed by atoms with Gasteiger partial charge in [-0.2, -0.15) is 0 Å². The van der Waals surface area contributed by atoms with Crippen molar-refractivity contribution in [3.8, 4) is 0 Å². The van der Waals surface area contributed by atoms with E-state index < -0.39 is 5.97 Å². The second-order valence-corrected chi connectivity index (χ2v) is 4.24. The number of carboxylic acids is 1. The normalized spacial score (nSPS) is 16.8. The molecule has 1 aromatic heterocycles. The fourth-order valence-electron chi connectivity index (χ4n) is 1.93. The molecule has 5 nitrogen and oxygen atoms in total. The smallest absolute Gasteiger partial charge is 0.339 e. The van der Waals surface area contributed by atoms with Gasteiger partial charge < -0.3 is 9.84 Å². The van der Waals surface area contributed by atoms with Crippen molar-refractivity contribution in [2.45, 2.75) is 32.3 Å². The van der Waals surface area contributed by atoms with Crippen molar-refractivity contribution in [1.82, 2.24) is 9.97 Å². The molecule has 0 aromatic carbocycles. The van der Waals surface area contributed by atoms with Crippen molar-refractivity contribution in [3.63, 3.8) is 0 Å². The molecule has 1 heterocycles. The van der Waals surface area contributed by atoms with Gasteiger partial charge in [-0.05, 0) is 25.2 Å².